The van der Waals surface area contributed by atoms with E-state index in [-0.39, 0.29) is 0 Å². The van der Waals surface area contributed by atoms with E-state index in [1.807, 2.05) is 6.92 Å². The highest BCUT2D eigenvalue weighted by Crippen LogP contribution is 2.48. The number of rotatable bonds is 2. The zero-order chi connectivity index (χ0) is 8.77. The molecule has 1 fully saturated rings. The lowest BCUT2D eigenvalue weighted by Gasteiger charge is -2.21. The summed E-state index contributed by atoms with van der Waals surface area (Å²) in [6.07, 6.45) is 2.27. The molecule has 0 spiro atoms. The fourth-order valence-corrected chi connectivity index (χ4v) is 3.13. The minimum absolute atomic E-state index is 0.439. The lowest BCUT2D eigenvalue weighted by molar-refractivity contribution is 0.0359. The Balaban J connectivity index is 2.33. The lowest BCUT2D eigenvalue weighted by Crippen LogP contribution is -2.22. The number of halogens is 1. The van der Waals surface area contributed by atoms with Crippen molar-refractivity contribution in [2.45, 2.75) is 25.4 Å². The first-order valence-electron chi connectivity index (χ1n) is 3.94. The van der Waals surface area contributed by atoms with Crippen LogP contribution in [0, 0.1) is 5.92 Å². The Bertz CT molecular complexity index is 293. The molecule has 2 nitrogen and oxygen atoms in total. The second-order valence-electron chi connectivity index (χ2n) is 3.39. The summed E-state index contributed by atoms with van der Waals surface area (Å²) in [6, 6.07) is 0. The summed E-state index contributed by atoms with van der Waals surface area (Å²) in [7, 11) is 0. The highest BCUT2D eigenvalue weighted by atomic mass is 79.9. The molecule has 66 valence electrons. The molecule has 0 amide bonds. The zero-order valence-corrected chi connectivity index (χ0v) is 9.15. The van der Waals surface area contributed by atoms with E-state index in [9.17, 15) is 5.11 Å². The van der Waals surface area contributed by atoms with E-state index in [2.05, 4.69) is 20.9 Å². The van der Waals surface area contributed by atoms with Crippen LogP contribution in [-0.2, 0) is 5.60 Å². The molecule has 2 rings (SSSR count). The van der Waals surface area contributed by atoms with E-state index in [4.69, 9.17) is 0 Å². The molecule has 1 heterocycles. The van der Waals surface area contributed by atoms with Crippen molar-refractivity contribution in [1.82, 2.24) is 4.98 Å². The van der Waals surface area contributed by atoms with Crippen LogP contribution in [0.1, 0.15) is 24.6 Å². The molecule has 1 aromatic rings. The van der Waals surface area contributed by atoms with Crippen molar-refractivity contribution >= 4 is 27.3 Å². The molecule has 0 aromatic carbocycles. The van der Waals surface area contributed by atoms with Gasteiger partial charge in [-0.25, -0.2) is 4.98 Å². The van der Waals surface area contributed by atoms with Gasteiger partial charge >= 0.3 is 0 Å². The molecule has 4 heteroatoms. The molecule has 1 aliphatic rings. The van der Waals surface area contributed by atoms with Gasteiger partial charge in [0.05, 0.1) is 10.4 Å². The number of aromatic nitrogens is 1. The van der Waals surface area contributed by atoms with E-state index in [1.165, 1.54) is 11.3 Å². The van der Waals surface area contributed by atoms with Crippen molar-refractivity contribution in [2.75, 3.05) is 0 Å². The van der Waals surface area contributed by atoms with Crippen molar-refractivity contribution < 1.29 is 5.11 Å². The Morgan fingerprint density at radius 2 is 2.42 bits per heavy atom. The molecule has 0 aliphatic heterocycles. The highest BCUT2D eigenvalue weighted by molar-refractivity contribution is 9.10. The molecule has 1 aliphatic carbocycles. The van der Waals surface area contributed by atoms with Crippen LogP contribution in [0.2, 0.25) is 0 Å². The van der Waals surface area contributed by atoms with Crippen molar-refractivity contribution in [3.05, 3.63) is 15.0 Å². The van der Waals surface area contributed by atoms with Crippen molar-refractivity contribution in [3.63, 3.8) is 0 Å². The summed E-state index contributed by atoms with van der Waals surface area (Å²) in [5, 5.41) is 10.1. The fourth-order valence-electron chi connectivity index (χ4n) is 1.39. The summed E-state index contributed by atoms with van der Waals surface area (Å²) >= 11 is 4.85. The van der Waals surface area contributed by atoms with E-state index in [0.29, 0.717) is 5.92 Å². The Morgan fingerprint density at radius 1 is 1.75 bits per heavy atom. The third kappa shape index (κ3) is 1.32. The van der Waals surface area contributed by atoms with E-state index in [0.717, 1.165) is 22.3 Å². The summed E-state index contributed by atoms with van der Waals surface area (Å²) < 4.78 is 0.796. The molecule has 1 aromatic heterocycles. The molecule has 1 saturated carbocycles. The number of hydrogen-bond acceptors (Lipinski definition) is 3. The lowest BCUT2D eigenvalue weighted by atomic mass is 10.00. The third-order valence-corrected chi connectivity index (χ3v) is 4.27. The van der Waals surface area contributed by atoms with Crippen molar-refractivity contribution in [2.24, 2.45) is 5.92 Å². The van der Waals surface area contributed by atoms with Crippen molar-refractivity contribution in [1.29, 1.82) is 0 Å². The van der Waals surface area contributed by atoms with Gasteiger partial charge in [-0.3, -0.25) is 0 Å². The smallest absolute Gasteiger partial charge is 0.123 e. The molecular weight excluding hydrogens is 238 g/mol. The SMILES string of the molecule is CC(O)(c1scnc1Br)C1CC1. The van der Waals surface area contributed by atoms with Crippen LogP contribution in [0.4, 0.5) is 0 Å². The summed E-state index contributed by atoms with van der Waals surface area (Å²) in [4.78, 5) is 5.03. The topological polar surface area (TPSA) is 33.1 Å². The van der Waals surface area contributed by atoms with Gasteiger partial charge in [0.1, 0.15) is 10.2 Å². The molecule has 0 radical (unpaired) electrons. The average Bonchev–Trinajstić information content (AvgIpc) is 2.75. The van der Waals surface area contributed by atoms with Gasteiger partial charge in [0.25, 0.3) is 0 Å². The van der Waals surface area contributed by atoms with Crippen molar-refractivity contribution in [3.8, 4) is 0 Å². The van der Waals surface area contributed by atoms with Gasteiger partial charge in [-0.15, -0.1) is 11.3 Å². The number of thiazole rings is 1. The maximum atomic E-state index is 10.1. The van der Waals surface area contributed by atoms with Gasteiger partial charge in [0.15, 0.2) is 0 Å². The maximum absolute atomic E-state index is 10.1. The Hall–Kier alpha value is 0.0700. The zero-order valence-electron chi connectivity index (χ0n) is 6.75. The molecule has 0 bridgehead atoms. The summed E-state index contributed by atoms with van der Waals surface area (Å²) in [5.74, 6) is 0.439. The number of hydrogen-bond donors (Lipinski definition) is 1. The third-order valence-electron chi connectivity index (χ3n) is 2.36. The predicted octanol–water partition coefficient (Wildman–Crippen LogP) is 2.52. The van der Waals surface area contributed by atoms with E-state index in [1.54, 1.807) is 5.51 Å². The van der Waals surface area contributed by atoms with Crippen LogP contribution in [-0.4, -0.2) is 10.1 Å². The van der Waals surface area contributed by atoms with Gasteiger partial charge in [-0.2, -0.15) is 0 Å². The second-order valence-corrected chi connectivity index (χ2v) is 5.00. The Labute approximate surface area is 83.8 Å². The minimum atomic E-state index is -0.667. The van der Waals surface area contributed by atoms with Crippen LogP contribution in [0.25, 0.3) is 0 Å². The average molecular weight is 248 g/mol. The maximum Gasteiger partial charge on any atom is 0.123 e. The summed E-state index contributed by atoms with van der Waals surface area (Å²) in [6.45, 7) is 1.88. The number of nitrogens with zero attached hydrogens (tertiary/aromatic N) is 1. The predicted molar refractivity (Wildman–Crippen MR) is 52.1 cm³/mol. The minimum Gasteiger partial charge on any atom is -0.384 e. The number of aliphatic hydroxyl groups is 1. The van der Waals surface area contributed by atoms with Gasteiger partial charge in [0.2, 0.25) is 0 Å². The standard InChI is InChI=1S/C8H10BrNOS/c1-8(11,5-2-3-5)6-7(9)10-4-12-6/h4-5,11H,2-3H2,1H3. The molecule has 1 atom stereocenters. The first kappa shape index (κ1) is 8.66. The monoisotopic (exact) mass is 247 g/mol. The van der Waals surface area contributed by atoms with Gasteiger partial charge in [0, 0.05) is 0 Å². The second kappa shape index (κ2) is 2.79. The van der Waals surface area contributed by atoms with Crippen LogP contribution in [0.3, 0.4) is 0 Å². The van der Waals surface area contributed by atoms with Gasteiger partial charge in [-0.05, 0) is 41.6 Å². The molecular formula is C8H10BrNOS. The largest absolute Gasteiger partial charge is 0.384 e. The van der Waals surface area contributed by atoms with Gasteiger partial charge in [-0.1, -0.05) is 0 Å². The van der Waals surface area contributed by atoms with E-state index >= 15 is 0 Å². The van der Waals surface area contributed by atoms with Crippen LogP contribution in [0.15, 0.2) is 10.1 Å². The highest BCUT2D eigenvalue weighted by Gasteiger charge is 2.43. The van der Waals surface area contributed by atoms with Gasteiger partial charge < -0.3 is 5.11 Å². The molecule has 12 heavy (non-hydrogen) atoms. The Kier molecular flexibility index (Phi) is 2.01. The van der Waals surface area contributed by atoms with Crippen LogP contribution < -0.4 is 0 Å². The fraction of sp³-hybridized carbons (Fsp3) is 0.625. The van der Waals surface area contributed by atoms with E-state index < -0.39 is 5.60 Å². The molecule has 1 unspecified atom stereocenters. The van der Waals surface area contributed by atoms with Crippen LogP contribution in [0.5, 0.6) is 0 Å². The van der Waals surface area contributed by atoms with Crippen LogP contribution >= 0.6 is 27.3 Å². The molecule has 1 N–H and O–H groups in total. The first-order chi connectivity index (χ1) is 5.62. The molecule has 0 saturated heterocycles. The quantitative estimate of drug-likeness (QED) is 0.872. The summed E-state index contributed by atoms with van der Waals surface area (Å²) in [5.41, 5.74) is 1.09. The Morgan fingerprint density at radius 3 is 2.83 bits per heavy atom. The normalized spacial score (nSPS) is 22.2. The first-order valence-corrected chi connectivity index (χ1v) is 5.61.